The summed E-state index contributed by atoms with van der Waals surface area (Å²) in [6.07, 6.45) is 1.46. The van der Waals surface area contributed by atoms with Crippen LogP contribution in [0.4, 0.5) is 5.69 Å². The standard InChI is InChI=1S/C17H24N2O5S/c1-13(2)8-9-18-16(20)12-24-17(21)14-4-6-15(7-5-14)19-10-3-11-25(19,22)23/h4-7,13H,3,8-12H2,1-2H3,(H,18,20). The predicted octanol–water partition coefficient (Wildman–Crippen LogP) is 1.55. The fourth-order valence-corrected chi connectivity index (χ4v) is 4.02. The quantitative estimate of drug-likeness (QED) is 0.737. The molecule has 1 N–H and O–H groups in total. The minimum atomic E-state index is -3.25. The monoisotopic (exact) mass is 368 g/mol. The van der Waals surface area contributed by atoms with Gasteiger partial charge in [-0.3, -0.25) is 9.10 Å². The van der Waals surface area contributed by atoms with Crippen LogP contribution in [0.2, 0.25) is 0 Å². The molecule has 1 aromatic carbocycles. The Kier molecular flexibility index (Phi) is 6.41. The number of nitrogens with one attached hydrogen (secondary N) is 1. The summed E-state index contributed by atoms with van der Waals surface area (Å²) in [6.45, 7) is 4.78. The average molecular weight is 368 g/mol. The van der Waals surface area contributed by atoms with Crippen molar-refractivity contribution in [3.8, 4) is 0 Å². The summed E-state index contributed by atoms with van der Waals surface area (Å²) in [4.78, 5) is 23.6. The zero-order valence-electron chi connectivity index (χ0n) is 14.5. The normalized spacial score (nSPS) is 16.0. The van der Waals surface area contributed by atoms with Gasteiger partial charge < -0.3 is 10.1 Å². The second kappa shape index (κ2) is 8.33. The number of hydrogen-bond acceptors (Lipinski definition) is 5. The van der Waals surface area contributed by atoms with Crippen molar-refractivity contribution in [2.24, 2.45) is 5.92 Å². The number of esters is 1. The summed E-state index contributed by atoms with van der Waals surface area (Å²) >= 11 is 0. The summed E-state index contributed by atoms with van der Waals surface area (Å²) in [5, 5.41) is 2.69. The third kappa shape index (κ3) is 5.45. The average Bonchev–Trinajstić information content (AvgIpc) is 2.91. The van der Waals surface area contributed by atoms with Gasteiger partial charge in [0.15, 0.2) is 6.61 Å². The van der Waals surface area contributed by atoms with Crippen molar-refractivity contribution in [1.29, 1.82) is 0 Å². The van der Waals surface area contributed by atoms with E-state index in [0.29, 0.717) is 31.1 Å². The Labute approximate surface area is 148 Å². The Balaban J connectivity index is 1.85. The van der Waals surface area contributed by atoms with E-state index in [0.717, 1.165) is 6.42 Å². The van der Waals surface area contributed by atoms with Gasteiger partial charge in [0, 0.05) is 13.1 Å². The minimum Gasteiger partial charge on any atom is -0.452 e. The summed E-state index contributed by atoms with van der Waals surface area (Å²) < 4.78 is 30.1. The first-order valence-corrected chi connectivity index (χ1v) is 9.95. The van der Waals surface area contributed by atoms with Crippen LogP contribution in [0, 0.1) is 5.92 Å². The fraction of sp³-hybridized carbons (Fsp3) is 0.529. The van der Waals surface area contributed by atoms with Gasteiger partial charge in [0.2, 0.25) is 10.0 Å². The molecule has 0 spiro atoms. The number of nitrogens with zero attached hydrogens (tertiary/aromatic N) is 1. The molecule has 8 heteroatoms. The van der Waals surface area contributed by atoms with Crippen LogP contribution < -0.4 is 9.62 Å². The van der Waals surface area contributed by atoms with Crippen LogP contribution in [-0.4, -0.2) is 45.7 Å². The molecule has 1 aliphatic rings. The molecule has 138 valence electrons. The van der Waals surface area contributed by atoms with E-state index < -0.39 is 16.0 Å². The number of amides is 1. The molecule has 0 aromatic heterocycles. The Morgan fingerprint density at radius 2 is 1.92 bits per heavy atom. The fourth-order valence-electron chi connectivity index (χ4n) is 2.46. The minimum absolute atomic E-state index is 0.142. The first-order valence-electron chi connectivity index (χ1n) is 8.34. The SMILES string of the molecule is CC(C)CCNC(=O)COC(=O)c1ccc(N2CCCS2(=O)=O)cc1. The van der Waals surface area contributed by atoms with Gasteiger partial charge in [0.1, 0.15) is 0 Å². The van der Waals surface area contributed by atoms with E-state index in [1.165, 1.54) is 16.4 Å². The number of anilines is 1. The molecule has 0 radical (unpaired) electrons. The third-order valence-electron chi connectivity index (χ3n) is 3.87. The molecule has 0 saturated carbocycles. The molecule has 0 atom stereocenters. The molecule has 1 fully saturated rings. The number of hydrogen-bond donors (Lipinski definition) is 1. The molecule has 1 heterocycles. The van der Waals surface area contributed by atoms with Gasteiger partial charge in [-0.05, 0) is 43.0 Å². The van der Waals surface area contributed by atoms with Gasteiger partial charge in [0.05, 0.1) is 17.0 Å². The molecule has 25 heavy (non-hydrogen) atoms. The topological polar surface area (TPSA) is 92.8 Å². The number of ether oxygens (including phenoxy) is 1. The highest BCUT2D eigenvalue weighted by molar-refractivity contribution is 7.93. The van der Waals surface area contributed by atoms with E-state index in [2.05, 4.69) is 19.2 Å². The lowest BCUT2D eigenvalue weighted by Gasteiger charge is -2.16. The lowest BCUT2D eigenvalue weighted by Crippen LogP contribution is -2.30. The highest BCUT2D eigenvalue weighted by Crippen LogP contribution is 2.24. The molecule has 0 bridgehead atoms. The van der Waals surface area contributed by atoms with Crippen molar-refractivity contribution < 1.29 is 22.7 Å². The lowest BCUT2D eigenvalue weighted by atomic mass is 10.1. The summed E-state index contributed by atoms with van der Waals surface area (Å²) in [6, 6.07) is 6.15. The Morgan fingerprint density at radius 3 is 2.48 bits per heavy atom. The maximum atomic E-state index is 12.0. The van der Waals surface area contributed by atoms with Gasteiger partial charge in [0.25, 0.3) is 5.91 Å². The maximum Gasteiger partial charge on any atom is 0.338 e. The van der Waals surface area contributed by atoms with Gasteiger partial charge in [-0.15, -0.1) is 0 Å². The summed E-state index contributed by atoms with van der Waals surface area (Å²) in [5.41, 5.74) is 0.802. The van der Waals surface area contributed by atoms with Crippen LogP contribution in [0.15, 0.2) is 24.3 Å². The third-order valence-corrected chi connectivity index (χ3v) is 5.74. The number of carbonyl (C=O) groups excluding carboxylic acids is 2. The van der Waals surface area contributed by atoms with E-state index in [-0.39, 0.29) is 23.8 Å². The van der Waals surface area contributed by atoms with Crippen molar-refractivity contribution in [2.45, 2.75) is 26.7 Å². The van der Waals surface area contributed by atoms with Crippen LogP contribution in [-0.2, 0) is 19.6 Å². The molecule has 1 aliphatic heterocycles. The van der Waals surface area contributed by atoms with Crippen LogP contribution in [0.5, 0.6) is 0 Å². The van der Waals surface area contributed by atoms with Crippen LogP contribution in [0.1, 0.15) is 37.0 Å². The summed E-state index contributed by atoms with van der Waals surface area (Å²) in [7, 11) is -3.25. The first-order chi connectivity index (χ1) is 11.8. The smallest absolute Gasteiger partial charge is 0.338 e. The van der Waals surface area contributed by atoms with Gasteiger partial charge in [-0.1, -0.05) is 13.8 Å². The van der Waals surface area contributed by atoms with Crippen molar-refractivity contribution in [3.63, 3.8) is 0 Å². The number of sulfonamides is 1. The number of rotatable bonds is 7. The van der Waals surface area contributed by atoms with Crippen molar-refractivity contribution >= 4 is 27.6 Å². The van der Waals surface area contributed by atoms with Crippen LogP contribution in [0.3, 0.4) is 0 Å². The number of benzene rings is 1. The van der Waals surface area contributed by atoms with Gasteiger partial charge in [-0.25, -0.2) is 13.2 Å². The van der Waals surface area contributed by atoms with Crippen molar-refractivity contribution in [2.75, 3.05) is 29.8 Å². The molecule has 1 aromatic rings. The maximum absolute atomic E-state index is 12.0. The predicted molar refractivity (Wildman–Crippen MR) is 94.9 cm³/mol. The van der Waals surface area contributed by atoms with Gasteiger partial charge >= 0.3 is 5.97 Å². The van der Waals surface area contributed by atoms with E-state index >= 15 is 0 Å². The summed E-state index contributed by atoms with van der Waals surface area (Å²) in [5.74, 6) is -0.327. The van der Waals surface area contributed by atoms with E-state index in [1.54, 1.807) is 12.1 Å². The number of carbonyl (C=O) groups is 2. The zero-order valence-corrected chi connectivity index (χ0v) is 15.3. The molecule has 0 unspecified atom stereocenters. The van der Waals surface area contributed by atoms with Crippen molar-refractivity contribution in [3.05, 3.63) is 29.8 Å². The van der Waals surface area contributed by atoms with Gasteiger partial charge in [-0.2, -0.15) is 0 Å². The first kappa shape index (κ1) is 19.2. The second-order valence-electron chi connectivity index (χ2n) is 6.40. The molecule has 0 aliphatic carbocycles. The second-order valence-corrected chi connectivity index (χ2v) is 8.41. The Bertz CT molecular complexity index is 713. The zero-order chi connectivity index (χ0) is 18.4. The lowest BCUT2D eigenvalue weighted by molar-refractivity contribution is -0.124. The molecule has 2 rings (SSSR count). The molecular weight excluding hydrogens is 344 g/mol. The van der Waals surface area contributed by atoms with E-state index in [1.807, 2.05) is 0 Å². The Morgan fingerprint density at radius 1 is 1.24 bits per heavy atom. The van der Waals surface area contributed by atoms with Crippen molar-refractivity contribution in [1.82, 2.24) is 5.32 Å². The molecule has 7 nitrogen and oxygen atoms in total. The highest BCUT2D eigenvalue weighted by Gasteiger charge is 2.28. The van der Waals surface area contributed by atoms with E-state index in [9.17, 15) is 18.0 Å². The molecule has 1 saturated heterocycles. The Hall–Kier alpha value is -2.09. The molecule has 1 amide bonds. The molecular formula is C17H24N2O5S. The largest absolute Gasteiger partial charge is 0.452 e. The highest BCUT2D eigenvalue weighted by atomic mass is 32.2. The van der Waals surface area contributed by atoms with Crippen LogP contribution in [0.25, 0.3) is 0 Å². The van der Waals surface area contributed by atoms with Crippen LogP contribution >= 0.6 is 0 Å². The van der Waals surface area contributed by atoms with E-state index in [4.69, 9.17) is 4.74 Å².